The third kappa shape index (κ3) is 1.83. The van der Waals surface area contributed by atoms with Gasteiger partial charge in [0.1, 0.15) is 5.56 Å². The van der Waals surface area contributed by atoms with Crippen LogP contribution in [0.2, 0.25) is 0 Å². The molecular weight excluding hydrogens is 221 g/mol. The Morgan fingerprint density at radius 2 is 2.06 bits per heavy atom. The van der Waals surface area contributed by atoms with Gasteiger partial charge in [0.15, 0.2) is 5.82 Å². The van der Waals surface area contributed by atoms with Crippen LogP contribution in [0, 0.1) is 0 Å². The monoisotopic (exact) mass is 228 g/mol. The quantitative estimate of drug-likeness (QED) is 0.810. The van der Waals surface area contributed by atoms with E-state index in [4.69, 9.17) is 5.73 Å². The molecule has 0 atom stereocenters. The molecule has 2 aromatic rings. The molecule has 0 aliphatic carbocycles. The summed E-state index contributed by atoms with van der Waals surface area (Å²) in [6.07, 6.45) is -0.668. The Bertz CT molecular complexity index is 503. The van der Waals surface area contributed by atoms with E-state index in [-0.39, 0.29) is 11.5 Å². The molecule has 0 aliphatic rings. The van der Waals surface area contributed by atoms with Crippen molar-refractivity contribution in [3.8, 4) is 5.82 Å². The van der Waals surface area contributed by atoms with Crippen LogP contribution in [-0.4, -0.2) is 14.8 Å². The lowest BCUT2D eigenvalue weighted by Crippen LogP contribution is -2.12. The predicted molar refractivity (Wildman–Crippen MR) is 50.8 cm³/mol. The zero-order valence-corrected chi connectivity index (χ0v) is 7.94. The van der Waals surface area contributed by atoms with Gasteiger partial charge in [-0.25, -0.2) is 9.67 Å². The summed E-state index contributed by atoms with van der Waals surface area (Å²) in [7, 11) is 0. The first-order valence-electron chi connectivity index (χ1n) is 4.31. The highest BCUT2D eigenvalue weighted by atomic mass is 19.4. The highest BCUT2D eigenvalue weighted by Crippen LogP contribution is 2.32. The van der Waals surface area contributed by atoms with Crippen molar-refractivity contribution in [2.24, 2.45) is 0 Å². The molecule has 4 nitrogen and oxygen atoms in total. The molecule has 0 radical (unpaired) electrons. The summed E-state index contributed by atoms with van der Waals surface area (Å²) >= 11 is 0. The molecule has 0 saturated carbocycles. The van der Waals surface area contributed by atoms with E-state index in [0.717, 1.165) is 10.7 Å². The molecule has 0 amide bonds. The number of halogens is 3. The van der Waals surface area contributed by atoms with Crippen molar-refractivity contribution in [3.05, 3.63) is 36.3 Å². The molecule has 0 bridgehead atoms. The molecule has 0 saturated heterocycles. The molecule has 0 fully saturated rings. The molecule has 2 rings (SSSR count). The summed E-state index contributed by atoms with van der Waals surface area (Å²) in [6.45, 7) is 0. The van der Waals surface area contributed by atoms with Crippen LogP contribution in [0.15, 0.2) is 30.7 Å². The van der Waals surface area contributed by atoms with Crippen molar-refractivity contribution in [2.45, 2.75) is 6.18 Å². The molecule has 7 heteroatoms. The SMILES string of the molecule is Nc1cnn(-c2ncccc2C(F)(F)F)c1. The van der Waals surface area contributed by atoms with Gasteiger partial charge in [-0.3, -0.25) is 0 Å². The number of hydrogen-bond acceptors (Lipinski definition) is 3. The fraction of sp³-hybridized carbons (Fsp3) is 0.111. The fourth-order valence-electron chi connectivity index (χ4n) is 1.25. The summed E-state index contributed by atoms with van der Waals surface area (Å²) in [5.41, 5.74) is 4.81. The highest BCUT2D eigenvalue weighted by molar-refractivity contribution is 5.39. The van der Waals surface area contributed by atoms with Crippen LogP contribution in [0.4, 0.5) is 18.9 Å². The van der Waals surface area contributed by atoms with Crippen LogP contribution in [0.1, 0.15) is 5.56 Å². The van der Waals surface area contributed by atoms with Crippen LogP contribution in [-0.2, 0) is 6.18 Å². The van der Waals surface area contributed by atoms with Gasteiger partial charge >= 0.3 is 6.18 Å². The molecule has 0 aliphatic heterocycles. The molecule has 2 heterocycles. The van der Waals surface area contributed by atoms with Crippen molar-refractivity contribution in [1.29, 1.82) is 0 Å². The Labute approximate surface area is 88.5 Å². The van der Waals surface area contributed by atoms with Crippen LogP contribution >= 0.6 is 0 Å². The Balaban J connectivity index is 2.57. The van der Waals surface area contributed by atoms with Gasteiger partial charge in [-0.1, -0.05) is 0 Å². The second-order valence-corrected chi connectivity index (χ2v) is 3.09. The maximum absolute atomic E-state index is 12.6. The molecule has 0 aromatic carbocycles. The normalized spacial score (nSPS) is 11.7. The summed E-state index contributed by atoms with van der Waals surface area (Å²) in [5.74, 6) is -0.285. The third-order valence-electron chi connectivity index (χ3n) is 1.91. The maximum Gasteiger partial charge on any atom is 0.420 e. The summed E-state index contributed by atoms with van der Waals surface area (Å²) in [4.78, 5) is 3.65. The molecule has 2 aromatic heterocycles. The number of anilines is 1. The number of nitrogen functional groups attached to an aromatic ring is 1. The number of aromatic nitrogens is 3. The third-order valence-corrected chi connectivity index (χ3v) is 1.91. The molecular formula is C9H7F3N4. The minimum atomic E-state index is -4.47. The largest absolute Gasteiger partial charge is 0.420 e. The summed E-state index contributed by atoms with van der Waals surface area (Å²) in [5, 5.41) is 3.69. The van der Waals surface area contributed by atoms with Gasteiger partial charge in [-0.2, -0.15) is 18.3 Å². The Hall–Kier alpha value is -2.05. The zero-order chi connectivity index (χ0) is 11.8. The van der Waals surface area contributed by atoms with E-state index in [1.54, 1.807) is 0 Å². The number of pyridine rings is 1. The number of nitrogens with zero attached hydrogens (tertiary/aromatic N) is 3. The van der Waals surface area contributed by atoms with Gasteiger partial charge in [0, 0.05) is 6.20 Å². The minimum Gasteiger partial charge on any atom is -0.396 e. The van der Waals surface area contributed by atoms with Gasteiger partial charge < -0.3 is 5.73 Å². The van der Waals surface area contributed by atoms with Gasteiger partial charge in [-0.15, -0.1) is 0 Å². The van der Waals surface area contributed by atoms with Crippen LogP contribution in [0.25, 0.3) is 5.82 Å². The first-order chi connectivity index (χ1) is 7.48. The average molecular weight is 228 g/mol. The topological polar surface area (TPSA) is 56.7 Å². The van der Waals surface area contributed by atoms with E-state index in [9.17, 15) is 13.2 Å². The molecule has 0 unspecified atom stereocenters. The lowest BCUT2D eigenvalue weighted by molar-refractivity contribution is -0.137. The lowest BCUT2D eigenvalue weighted by atomic mass is 10.2. The average Bonchev–Trinajstić information content (AvgIpc) is 2.64. The second-order valence-electron chi connectivity index (χ2n) is 3.09. The number of rotatable bonds is 1. The first-order valence-corrected chi connectivity index (χ1v) is 4.31. The van der Waals surface area contributed by atoms with Gasteiger partial charge in [0.25, 0.3) is 0 Å². The van der Waals surface area contributed by atoms with Crippen LogP contribution < -0.4 is 5.73 Å². The maximum atomic E-state index is 12.6. The van der Waals surface area contributed by atoms with Gasteiger partial charge in [0.2, 0.25) is 0 Å². The number of hydrogen-bond donors (Lipinski definition) is 1. The molecule has 16 heavy (non-hydrogen) atoms. The van der Waals surface area contributed by atoms with Gasteiger partial charge in [0.05, 0.1) is 18.1 Å². The fourth-order valence-corrected chi connectivity index (χ4v) is 1.25. The van der Waals surface area contributed by atoms with E-state index >= 15 is 0 Å². The standard InChI is InChI=1S/C9H7F3N4/c10-9(11,12)7-2-1-3-14-8(7)16-5-6(13)4-15-16/h1-5H,13H2. The summed E-state index contributed by atoms with van der Waals surface area (Å²) < 4.78 is 38.9. The van der Waals surface area contributed by atoms with Crippen LogP contribution in [0.3, 0.4) is 0 Å². The smallest absolute Gasteiger partial charge is 0.396 e. The number of alkyl halides is 3. The second kappa shape index (κ2) is 3.51. The van der Waals surface area contributed by atoms with E-state index in [0.29, 0.717) is 0 Å². The Morgan fingerprint density at radius 3 is 2.62 bits per heavy atom. The predicted octanol–water partition coefficient (Wildman–Crippen LogP) is 1.87. The Kier molecular flexibility index (Phi) is 2.30. The lowest BCUT2D eigenvalue weighted by Gasteiger charge is -2.10. The van der Waals surface area contributed by atoms with E-state index < -0.39 is 11.7 Å². The van der Waals surface area contributed by atoms with Crippen LogP contribution in [0.5, 0.6) is 0 Å². The van der Waals surface area contributed by atoms with E-state index in [1.807, 2.05) is 0 Å². The molecule has 84 valence electrons. The van der Waals surface area contributed by atoms with E-state index in [1.165, 1.54) is 24.7 Å². The summed E-state index contributed by atoms with van der Waals surface area (Å²) in [6, 6.07) is 2.17. The highest BCUT2D eigenvalue weighted by Gasteiger charge is 2.34. The van der Waals surface area contributed by atoms with Crippen molar-refractivity contribution in [2.75, 3.05) is 5.73 Å². The van der Waals surface area contributed by atoms with Gasteiger partial charge in [-0.05, 0) is 12.1 Å². The Morgan fingerprint density at radius 1 is 1.31 bits per heavy atom. The van der Waals surface area contributed by atoms with Crippen molar-refractivity contribution in [3.63, 3.8) is 0 Å². The minimum absolute atomic E-state index is 0.277. The first kappa shape index (κ1) is 10.5. The van der Waals surface area contributed by atoms with E-state index in [2.05, 4.69) is 10.1 Å². The number of nitrogens with two attached hydrogens (primary N) is 1. The van der Waals surface area contributed by atoms with Crippen molar-refractivity contribution < 1.29 is 13.2 Å². The van der Waals surface area contributed by atoms with Crippen molar-refractivity contribution in [1.82, 2.24) is 14.8 Å². The molecule has 0 spiro atoms. The zero-order valence-electron chi connectivity index (χ0n) is 7.94. The molecule has 2 N–H and O–H groups in total. The van der Waals surface area contributed by atoms with Crippen molar-refractivity contribution >= 4 is 5.69 Å².